The monoisotopic (exact) mass is 932 g/mol. The highest BCUT2D eigenvalue weighted by Gasteiger charge is 2.29. The minimum Gasteiger partial charge on any atom is -0.457 e. The molecule has 3 heterocycles. The van der Waals surface area contributed by atoms with Crippen LogP contribution in [0.3, 0.4) is 0 Å². The van der Waals surface area contributed by atoms with Gasteiger partial charge in [-0.1, -0.05) is 176 Å². The Morgan fingerprint density at radius 1 is 0.329 bits per heavy atom. The molecule has 0 amide bonds. The van der Waals surface area contributed by atoms with Crippen LogP contribution in [0.5, 0.6) is 11.5 Å². The molecule has 0 saturated carbocycles. The van der Waals surface area contributed by atoms with Gasteiger partial charge in [-0.2, -0.15) is 0 Å². The van der Waals surface area contributed by atoms with Crippen LogP contribution in [0.15, 0.2) is 255 Å². The molecule has 1 aliphatic rings. The Morgan fingerprint density at radius 3 is 1.64 bits per heavy atom. The van der Waals surface area contributed by atoms with E-state index in [2.05, 4.69) is 269 Å². The minimum atomic E-state index is 0.641. The predicted molar refractivity (Wildman–Crippen MR) is 306 cm³/mol. The third-order valence-electron chi connectivity index (χ3n) is 15.0. The van der Waals surface area contributed by atoms with Crippen molar-refractivity contribution in [1.82, 2.24) is 9.55 Å². The summed E-state index contributed by atoms with van der Waals surface area (Å²) in [6.45, 7) is 0.641. The van der Waals surface area contributed by atoms with E-state index in [1.54, 1.807) is 0 Å². The molecule has 12 aromatic carbocycles. The number of para-hydroxylation sites is 3. The Hall–Kier alpha value is -9.71. The van der Waals surface area contributed by atoms with Gasteiger partial charge in [-0.25, -0.2) is 4.98 Å². The third-order valence-corrected chi connectivity index (χ3v) is 15.0. The summed E-state index contributed by atoms with van der Waals surface area (Å²) < 4.78 is 9.48. The molecule has 73 heavy (non-hydrogen) atoms. The standard InChI is InChI=1S/C68H44N4O/c1-3-15-44(16-4-1)46-29-33-51(34-30-46)70-43-71(63-26-14-13-25-62(63)70)52-39-50(45-17-5-2-6-18-45)40-54(41-52)73-53-35-37-58-57-23-11-12-24-61(57)72(64(58)42-53)68-59-36-31-48-20-8-10-22-56(48)66(59)67-60(69-68)38-32-49-28-27-47-19-7-9-21-55(47)65(49)67/h1-42H,43H2. The van der Waals surface area contributed by atoms with Gasteiger partial charge in [0.1, 0.15) is 24.0 Å². The SMILES string of the molecule is c1ccc(-c2ccc(N3CN(c4cc(Oc5ccc6c7ccccc7n(-c7nc8ccc9ccc%10ccccc%10c9c8c8c7ccc7ccccc78)c6c5)cc(-c5ccccc5)c4)c4ccccc43)cc2)cc1. The molecule has 0 atom stereocenters. The van der Waals surface area contributed by atoms with E-state index in [0.717, 1.165) is 83.9 Å². The van der Waals surface area contributed by atoms with Gasteiger partial charge in [0, 0.05) is 50.4 Å². The summed E-state index contributed by atoms with van der Waals surface area (Å²) in [6.07, 6.45) is 0. The van der Waals surface area contributed by atoms with E-state index in [1.165, 1.54) is 54.2 Å². The first kappa shape index (κ1) is 41.1. The van der Waals surface area contributed by atoms with Crippen molar-refractivity contribution in [2.45, 2.75) is 0 Å². The predicted octanol–water partition coefficient (Wildman–Crippen LogP) is 18.3. The molecular formula is C68H44N4O. The highest BCUT2D eigenvalue weighted by atomic mass is 16.5. The van der Waals surface area contributed by atoms with Crippen molar-refractivity contribution in [3.8, 4) is 39.6 Å². The molecule has 2 aromatic heterocycles. The molecule has 14 aromatic rings. The lowest BCUT2D eigenvalue weighted by atomic mass is 9.92. The van der Waals surface area contributed by atoms with Gasteiger partial charge in [0.05, 0.1) is 27.9 Å². The van der Waals surface area contributed by atoms with Crippen molar-refractivity contribution in [1.29, 1.82) is 0 Å². The van der Waals surface area contributed by atoms with E-state index in [-0.39, 0.29) is 0 Å². The van der Waals surface area contributed by atoms with Gasteiger partial charge in [-0.3, -0.25) is 4.57 Å². The van der Waals surface area contributed by atoms with Gasteiger partial charge in [0.2, 0.25) is 0 Å². The Balaban J connectivity index is 0.887. The van der Waals surface area contributed by atoms with Gasteiger partial charge in [0.15, 0.2) is 0 Å². The Bertz CT molecular complexity index is 4510. The summed E-state index contributed by atoms with van der Waals surface area (Å²) in [5.74, 6) is 2.38. The van der Waals surface area contributed by atoms with Crippen molar-refractivity contribution in [2.24, 2.45) is 0 Å². The fraction of sp³-hybridized carbons (Fsp3) is 0.0147. The van der Waals surface area contributed by atoms with E-state index in [4.69, 9.17) is 9.72 Å². The second kappa shape index (κ2) is 16.4. The highest BCUT2D eigenvalue weighted by molar-refractivity contribution is 6.32. The molecule has 0 saturated heterocycles. The van der Waals surface area contributed by atoms with Crippen LogP contribution >= 0.6 is 0 Å². The average Bonchev–Trinajstić information content (AvgIpc) is 4.01. The number of ether oxygens (including phenoxy) is 1. The van der Waals surface area contributed by atoms with Gasteiger partial charge in [-0.05, 0) is 121 Å². The first-order valence-electron chi connectivity index (χ1n) is 25.0. The van der Waals surface area contributed by atoms with Crippen LogP contribution in [0.4, 0.5) is 22.7 Å². The molecule has 0 radical (unpaired) electrons. The van der Waals surface area contributed by atoms with Crippen LogP contribution in [-0.2, 0) is 0 Å². The first-order valence-corrected chi connectivity index (χ1v) is 25.0. The van der Waals surface area contributed by atoms with Crippen molar-refractivity contribution >= 4 is 98.5 Å². The molecule has 0 unspecified atom stereocenters. The zero-order valence-corrected chi connectivity index (χ0v) is 39.7. The van der Waals surface area contributed by atoms with Gasteiger partial charge < -0.3 is 14.5 Å². The molecule has 0 N–H and O–H groups in total. The number of anilines is 4. The van der Waals surface area contributed by atoms with E-state index in [1.807, 2.05) is 0 Å². The van der Waals surface area contributed by atoms with Crippen LogP contribution in [0.2, 0.25) is 0 Å². The molecule has 0 bridgehead atoms. The highest BCUT2D eigenvalue weighted by Crippen LogP contribution is 2.48. The quantitative estimate of drug-likeness (QED) is 0.149. The number of aromatic nitrogens is 2. The van der Waals surface area contributed by atoms with Crippen molar-refractivity contribution in [2.75, 3.05) is 16.5 Å². The van der Waals surface area contributed by atoms with Gasteiger partial charge in [0.25, 0.3) is 0 Å². The minimum absolute atomic E-state index is 0.641. The number of pyridine rings is 1. The second-order valence-corrected chi connectivity index (χ2v) is 19.1. The topological polar surface area (TPSA) is 33.5 Å². The lowest BCUT2D eigenvalue weighted by Crippen LogP contribution is -2.24. The molecule has 1 aliphatic heterocycles. The lowest BCUT2D eigenvalue weighted by Gasteiger charge is -2.23. The fourth-order valence-corrected chi connectivity index (χ4v) is 11.6. The number of nitrogens with zero attached hydrogens (tertiary/aromatic N) is 4. The molecule has 5 nitrogen and oxygen atoms in total. The summed E-state index contributed by atoms with van der Waals surface area (Å²) in [5, 5.41) is 13.0. The van der Waals surface area contributed by atoms with E-state index in [0.29, 0.717) is 6.67 Å². The van der Waals surface area contributed by atoms with Crippen LogP contribution in [0, 0.1) is 0 Å². The molecule has 342 valence electrons. The summed E-state index contributed by atoms with van der Waals surface area (Å²) in [6, 6.07) is 91.5. The molecule has 15 rings (SSSR count). The van der Waals surface area contributed by atoms with Crippen LogP contribution in [0.1, 0.15) is 0 Å². The maximum atomic E-state index is 7.12. The van der Waals surface area contributed by atoms with Crippen molar-refractivity contribution < 1.29 is 4.74 Å². The summed E-state index contributed by atoms with van der Waals surface area (Å²) in [4.78, 5) is 10.5. The van der Waals surface area contributed by atoms with E-state index < -0.39 is 0 Å². The number of rotatable bonds is 7. The molecule has 5 heteroatoms. The molecule has 0 spiro atoms. The lowest BCUT2D eigenvalue weighted by molar-refractivity contribution is 0.483. The zero-order valence-electron chi connectivity index (χ0n) is 39.7. The Labute approximate surface area is 421 Å². The Morgan fingerprint density at radius 2 is 0.890 bits per heavy atom. The van der Waals surface area contributed by atoms with E-state index >= 15 is 0 Å². The maximum absolute atomic E-state index is 7.12. The number of benzene rings is 12. The first-order chi connectivity index (χ1) is 36.2. The van der Waals surface area contributed by atoms with Crippen LogP contribution in [-0.4, -0.2) is 16.2 Å². The molecule has 0 fully saturated rings. The fourth-order valence-electron chi connectivity index (χ4n) is 11.6. The van der Waals surface area contributed by atoms with Crippen molar-refractivity contribution in [3.63, 3.8) is 0 Å². The summed E-state index contributed by atoms with van der Waals surface area (Å²) in [5.41, 5.74) is 12.1. The van der Waals surface area contributed by atoms with Gasteiger partial charge >= 0.3 is 0 Å². The average molecular weight is 933 g/mol. The van der Waals surface area contributed by atoms with Crippen LogP contribution in [0.25, 0.3) is 104 Å². The van der Waals surface area contributed by atoms with Gasteiger partial charge in [-0.15, -0.1) is 0 Å². The smallest absolute Gasteiger partial charge is 0.146 e. The molecular weight excluding hydrogens is 889 g/mol. The normalized spacial score (nSPS) is 12.5. The Kier molecular flexibility index (Phi) is 9.26. The maximum Gasteiger partial charge on any atom is 0.146 e. The van der Waals surface area contributed by atoms with Crippen LogP contribution < -0.4 is 14.5 Å². The number of fused-ring (bicyclic) bond motifs is 13. The summed E-state index contributed by atoms with van der Waals surface area (Å²) >= 11 is 0. The molecule has 0 aliphatic carbocycles. The third kappa shape index (κ3) is 6.67. The largest absolute Gasteiger partial charge is 0.457 e. The van der Waals surface area contributed by atoms with E-state index in [9.17, 15) is 0 Å². The number of hydrogen-bond donors (Lipinski definition) is 0. The van der Waals surface area contributed by atoms with Crippen molar-refractivity contribution in [3.05, 3.63) is 255 Å². The number of hydrogen-bond acceptors (Lipinski definition) is 4. The zero-order chi connectivity index (χ0) is 48.0. The second-order valence-electron chi connectivity index (χ2n) is 19.1. The summed E-state index contributed by atoms with van der Waals surface area (Å²) in [7, 11) is 0.